The van der Waals surface area contributed by atoms with E-state index in [0.29, 0.717) is 18.6 Å². The molecule has 3 heterocycles. The van der Waals surface area contributed by atoms with Gasteiger partial charge in [-0.1, -0.05) is 0 Å². The third kappa shape index (κ3) is 1.70. The van der Waals surface area contributed by atoms with Crippen molar-refractivity contribution in [1.29, 1.82) is 0 Å². The lowest BCUT2D eigenvalue weighted by atomic mass is 9.99. The zero-order valence-electron chi connectivity index (χ0n) is 9.89. The van der Waals surface area contributed by atoms with Crippen LogP contribution in [0.25, 0.3) is 0 Å². The Morgan fingerprint density at radius 2 is 2.47 bits per heavy atom. The molecule has 2 aliphatic heterocycles. The maximum Gasteiger partial charge on any atom is 0.233 e. The third-order valence-electron chi connectivity index (χ3n) is 3.86. The molecule has 1 fully saturated rings. The topological polar surface area (TPSA) is 58.1 Å². The first kappa shape index (κ1) is 10.7. The highest BCUT2D eigenvalue weighted by Crippen LogP contribution is 2.42. The lowest BCUT2D eigenvalue weighted by Crippen LogP contribution is -2.43. The van der Waals surface area contributed by atoms with E-state index in [1.807, 2.05) is 6.20 Å². The van der Waals surface area contributed by atoms with Gasteiger partial charge in [0.25, 0.3) is 0 Å². The Balaban J connectivity index is 1.89. The van der Waals surface area contributed by atoms with E-state index in [4.69, 9.17) is 0 Å². The molecule has 2 unspecified atom stereocenters. The molecule has 5 nitrogen and oxygen atoms in total. The zero-order valence-corrected chi connectivity index (χ0v) is 9.89. The molecule has 1 N–H and O–H groups in total. The highest BCUT2D eigenvalue weighted by atomic mass is 16.1. The molecule has 2 bridgehead atoms. The largest absolute Gasteiger partial charge is 0.358 e. The Labute approximate surface area is 100 Å². The molecule has 0 aromatic carbocycles. The van der Waals surface area contributed by atoms with Gasteiger partial charge in [-0.2, -0.15) is 0 Å². The molecule has 0 aliphatic carbocycles. The highest BCUT2D eigenvalue weighted by molar-refractivity contribution is 5.77. The summed E-state index contributed by atoms with van der Waals surface area (Å²) in [6.45, 7) is 0.486. The standard InChI is InChI=1S/C12H16N4O/c1-13-12(17)6-16-8-2-3-11(16)9-5-14-7-15-10(9)4-8/h5,7-8,11H,2-4,6H2,1H3,(H,13,17). The van der Waals surface area contributed by atoms with E-state index in [1.54, 1.807) is 13.4 Å². The first-order valence-corrected chi connectivity index (χ1v) is 6.04. The molecule has 0 radical (unpaired) electrons. The van der Waals surface area contributed by atoms with Crippen molar-refractivity contribution in [3.8, 4) is 0 Å². The number of likely N-dealkylation sites (N-methyl/N-ethyl adjacent to an activating group) is 1. The van der Waals surface area contributed by atoms with Gasteiger partial charge in [0.05, 0.1) is 12.2 Å². The van der Waals surface area contributed by atoms with Crippen LogP contribution < -0.4 is 5.32 Å². The molecule has 2 atom stereocenters. The number of rotatable bonds is 2. The first-order chi connectivity index (χ1) is 8.29. The number of hydrogen-bond donors (Lipinski definition) is 1. The Bertz CT molecular complexity index is 448. The first-order valence-electron chi connectivity index (χ1n) is 6.04. The van der Waals surface area contributed by atoms with Crippen LogP contribution >= 0.6 is 0 Å². The molecule has 0 saturated carbocycles. The fraction of sp³-hybridized carbons (Fsp3) is 0.583. The molecule has 1 saturated heterocycles. The van der Waals surface area contributed by atoms with Crippen molar-refractivity contribution in [3.05, 3.63) is 23.8 Å². The third-order valence-corrected chi connectivity index (χ3v) is 3.86. The summed E-state index contributed by atoms with van der Waals surface area (Å²) >= 11 is 0. The van der Waals surface area contributed by atoms with Crippen molar-refractivity contribution in [2.75, 3.05) is 13.6 Å². The lowest BCUT2D eigenvalue weighted by molar-refractivity contribution is -0.122. The van der Waals surface area contributed by atoms with E-state index >= 15 is 0 Å². The molecule has 1 aromatic rings. The summed E-state index contributed by atoms with van der Waals surface area (Å²) in [5, 5.41) is 2.69. The number of nitrogens with zero attached hydrogens (tertiary/aromatic N) is 3. The molecule has 90 valence electrons. The van der Waals surface area contributed by atoms with E-state index in [2.05, 4.69) is 20.2 Å². The predicted octanol–water partition coefficient (Wildman–Crippen LogP) is 0.284. The predicted molar refractivity (Wildman–Crippen MR) is 62.3 cm³/mol. The summed E-state index contributed by atoms with van der Waals surface area (Å²) in [7, 11) is 1.69. The van der Waals surface area contributed by atoms with E-state index in [1.165, 1.54) is 11.3 Å². The Hall–Kier alpha value is -1.49. The molecular formula is C12H16N4O. The summed E-state index contributed by atoms with van der Waals surface area (Å²) in [5.41, 5.74) is 2.38. The van der Waals surface area contributed by atoms with Crippen molar-refractivity contribution < 1.29 is 4.79 Å². The summed E-state index contributed by atoms with van der Waals surface area (Å²) < 4.78 is 0. The van der Waals surface area contributed by atoms with E-state index in [0.717, 1.165) is 19.3 Å². The molecule has 1 aromatic heterocycles. The molecule has 0 spiro atoms. The number of aromatic nitrogens is 2. The van der Waals surface area contributed by atoms with Crippen LogP contribution in [0.1, 0.15) is 30.1 Å². The average Bonchev–Trinajstić information content (AvgIpc) is 2.63. The fourth-order valence-corrected chi connectivity index (χ4v) is 3.01. The maximum atomic E-state index is 11.5. The van der Waals surface area contributed by atoms with Gasteiger partial charge in [-0.15, -0.1) is 0 Å². The van der Waals surface area contributed by atoms with Gasteiger partial charge in [0.15, 0.2) is 0 Å². The van der Waals surface area contributed by atoms with Gasteiger partial charge in [0.1, 0.15) is 6.33 Å². The molecule has 2 aliphatic rings. The SMILES string of the molecule is CNC(=O)CN1C2CCC1c1cncnc1C2. The van der Waals surface area contributed by atoms with E-state index < -0.39 is 0 Å². The van der Waals surface area contributed by atoms with Crippen LogP contribution in [0.5, 0.6) is 0 Å². The number of carbonyl (C=O) groups is 1. The van der Waals surface area contributed by atoms with Crippen molar-refractivity contribution >= 4 is 5.91 Å². The van der Waals surface area contributed by atoms with Crippen LogP contribution in [-0.4, -0.2) is 40.4 Å². The smallest absolute Gasteiger partial charge is 0.233 e. The van der Waals surface area contributed by atoms with E-state index in [-0.39, 0.29) is 5.91 Å². The summed E-state index contributed by atoms with van der Waals surface area (Å²) in [4.78, 5) is 22.3. The molecule has 3 rings (SSSR count). The second-order valence-corrected chi connectivity index (χ2v) is 4.72. The Morgan fingerprint density at radius 1 is 1.59 bits per heavy atom. The van der Waals surface area contributed by atoms with Gasteiger partial charge in [0, 0.05) is 37.3 Å². The number of fused-ring (bicyclic) bond motifs is 4. The molecular weight excluding hydrogens is 216 g/mol. The Morgan fingerprint density at radius 3 is 3.29 bits per heavy atom. The number of hydrogen-bond acceptors (Lipinski definition) is 4. The normalized spacial score (nSPS) is 26.6. The summed E-state index contributed by atoms with van der Waals surface area (Å²) in [6, 6.07) is 0.807. The van der Waals surface area contributed by atoms with Crippen LogP contribution in [-0.2, 0) is 11.2 Å². The van der Waals surface area contributed by atoms with Crippen molar-refractivity contribution in [2.24, 2.45) is 0 Å². The van der Waals surface area contributed by atoms with Gasteiger partial charge >= 0.3 is 0 Å². The lowest BCUT2D eigenvalue weighted by Gasteiger charge is -2.34. The number of nitrogens with one attached hydrogen (secondary N) is 1. The summed E-state index contributed by atoms with van der Waals surface area (Å²) in [5.74, 6) is 0.0854. The van der Waals surface area contributed by atoms with Gasteiger partial charge in [-0.05, 0) is 12.8 Å². The van der Waals surface area contributed by atoms with Crippen LogP contribution in [0, 0.1) is 0 Å². The second-order valence-electron chi connectivity index (χ2n) is 4.72. The van der Waals surface area contributed by atoms with Crippen molar-refractivity contribution in [3.63, 3.8) is 0 Å². The number of amides is 1. The fourth-order valence-electron chi connectivity index (χ4n) is 3.01. The van der Waals surface area contributed by atoms with Crippen LogP contribution in [0.4, 0.5) is 0 Å². The van der Waals surface area contributed by atoms with Crippen LogP contribution in [0.3, 0.4) is 0 Å². The minimum Gasteiger partial charge on any atom is -0.358 e. The van der Waals surface area contributed by atoms with Crippen molar-refractivity contribution in [2.45, 2.75) is 31.3 Å². The van der Waals surface area contributed by atoms with E-state index in [9.17, 15) is 4.79 Å². The molecule has 17 heavy (non-hydrogen) atoms. The average molecular weight is 232 g/mol. The second kappa shape index (κ2) is 4.07. The monoisotopic (exact) mass is 232 g/mol. The zero-order chi connectivity index (χ0) is 11.8. The number of carbonyl (C=O) groups excluding carboxylic acids is 1. The van der Waals surface area contributed by atoms with Crippen molar-refractivity contribution in [1.82, 2.24) is 20.2 Å². The van der Waals surface area contributed by atoms with Gasteiger partial charge < -0.3 is 5.32 Å². The molecule has 5 heteroatoms. The quantitative estimate of drug-likeness (QED) is 0.796. The highest BCUT2D eigenvalue weighted by Gasteiger charge is 2.41. The minimum absolute atomic E-state index is 0.0854. The summed E-state index contributed by atoms with van der Waals surface area (Å²) in [6.07, 6.45) is 6.74. The van der Waals surface area contributed by atoms with Gasteiger partial charge in [-0.3, -0.25) is 9.69 Å². The van der Waals surface area contributed by atoms with Gasteiger partial charge in [-0.25, -0.2) is 9.97 Å². The van der Waals surface area contributed by atoms with Crippen LogP contribution in [0.15, 0.2) is 12.5 Å². The maximum absolute atomic E-state index is 11.5. The van der Waals surface area contributed by atoms with Crippen LogP contribution in [0.2, 0.25) is 0 Å². The van der Waals surface area contributed by atoms with Gasteiger partial charge in [0.2, 0.25) is 5.91 Å². The molecule has 1 amide bonds. The minimum atomic E-state index is 0.0854. The Kier molecular flexibility index (Phi) is 2.55.